The summed E-state index contributed by atoms with van der Waals surface area (Å²) in [4.78, 5) is 15.0. The highest BCUT2D eigenvalue weighted by molar-refractivity contribution is 5.80. The molecule has 2 fully saturated rings. The number of hydrogen-bond acceptors (Lipinski definition) is 2. The van der Waals surface area contributed by atoms with E-state index in [0.29, 0.717) is 24.4 Å². The van der Waals surface area contributed by atoms with Crippen molar-refractivity contribution in [1.82, 2.24) is 4.90 Å². The molecule has 2 atom stereocenters. The van der Waals surface area contributed by atoms with Crippen LogP contribution in [0.1, 0.15) is 37.7 Å². The quantitative estimate of drug-likeness (QED) is 0.895. The highest BCUT2D eigenvalue weighted by Crippen LogP contribution is 2.36. The highest BCUT2D eigenvalue weighted by Gasteiger charge is 2.39. The van der Waals surface area contributed by atoms with E-state index in [1.165, 1.54) is 18.4 Å². The van der Waals surface area contributed by atoms with Crippen molar-refractivity contribution in [1.29, 1.82) is 0 Å². The van der Waals surface area contributed by atoms with E-state index in [9.17, 15) is 4.79 Å². The molecule has 3 heteroatoms. The highest BCUT2D eigenvalue weighted by atomic mass is 16.2. The predicted molar refractivity (Wildman–Crippen MR) is 79.9 cm³/mol. The van der Waals surface area contributed by atoms with Gasteiger partial charge >= 0.3 is 0 Å². The van der Waals surface area contributed by atoms with Crippen LogP contribution in [0.4, 0.5) is 0 Å². The minimum absolute atomic E-state index is 0.171. The van der Waals surface area contributed by atoms with Gasteiger partial charge in [-0.2, -0.15) is 0 Å². The first-order chi connectivity index (χ1) is 9.79. The molecule has 0 bridgehead atoms. The van der Waals surface area contributed by atoms with Crippen molar-refractivity contribution < 1.29 is 4.79 Å². The summed E-state index contributed by atoms with van der Waals surface area (Å²) in [5, 5.41) is 0. The standard InChI is InChI=1S/C17H24N2O/c18-11-14-7-4-8-16(14)17(20)19(15-9-10-15)12-13-5-2-1-3-6-13/h1-3,5-6,14-16H,4,7-12,18H2. The maximum absolute atomic E-state index is 12.9. The summed E-state index contributed by atoms with van der Waals surface area (Å²) in [7, 11) is 0. The van der Waals surface area contributed by atoms with Gasteiger partial charge in [0.2, 0.25) is 5.91 Å². The van der Waals surface area contributed by atoms with Crippen molar-refractivity contribution in [2.75, 3.05) is 6.54 Å². The maximum atomic E-state index is 12.9. The Morgan fingerprint density at radius 2 is 1.90 bits per heavy atom. The summed E-state index contributed by atoms with van der Waals surface area (Å²) in [5.41, 5.74) is 7.07. The van der Waals surface area contributed by atoms with E-state index in [0.717, 1.165) is 25.8 Å². The number of carbonyl (C=O) groups excluding carboxylic acids is 1. The smallest absolute Gasteiger partial charge is 0.226 e. The number of benzene rings is 1. The molecular weight excluding hydrogens is 248 g/mol. The summed E-state index contributed by atoms with van der Waals surface area (Å²) in [5.74, 6) is 0.924. The molecule has 2 N–H and O–H groups in total. The lowest BCUT2D eigenvalue weighted by Crippen LogP contribution is -2.40. The van der Waals surface area contributed by atoms with E-state index < -0.39 is 0 Å². The number of nitrogens with zero attached hydrogens (tertiary/aromatic N) is 1. The van der Waals surface area contributed by atoms with Gasteiger partial charge in [0.15, 0.2) is 0 Å². The molecule has 2 aliphatic carbocycles. The first-order valence-electron chi connectivity index (χ1n) is 7.84. The summed E-state index contributed by atoms with van der Waals surface area (Å²) in [6.45, 7) is 1.42. The lowest BCUT2D eigenvalue weighted by atomic mass is 9.94. The third-order valence-electron chi connectivity index (χ3n) is 4.75. The molecular formula is C17H24N2O. The fourth-order valence-corrected chi connectivity index (χ4v) is 3.41. The molecule has 2 unspecified atom stereocenters. The van der Waals surface area contributed by atoms with Crippen LogP contribution in [-0.4, -0.2) is 23.4 Å². The van der Waals surface area contributed by atoms with Gasteiger partial charge < -0.3 is 10.6 Å². The molecule has 0 spiro atoms. The average molecular weight is 272 g/mol. The van der Waals surface area contributed by atoms with E-state index in [1.54, 1.807) is 0 Å². The molecule has 3 rings (SSSR count). The van der Waals surface area contributed by atoms with Gasteiger partial charge in [-0.1, -0.05) is 36.8 Å². The predicted octanol–water partition coefficient (Wildman–Crippen LogP) is 2.55. The van der Waals surface area contributed by atoms with Gasteiger partial charge in [0.05, 0.1) is 0 Å². The van der Waals surface area contributed by atoms with Gasteiger partial charge in [0.25, 0.3) is 0 Å². The Hall–Kier alpha value is -1.35. The number of rotatable bonds is 5. The fraction of sp³-hybridized carbons (Fsp3) is 0.588. The van der Waals surface area contributed by atoms with Crippen LogP contribution in [-0.2, 0) is 11.3 Å². The van der Waals surface area contributed by atoms with Gasteiger partial charge in [-0.25, -0.2) is 0 Å². The fourth-order valence-electron chi connectivity index (χ4n) is 3.41. The number of carbonyl (C=O) groups is 1. The van der Waals surface area contributed by atoms with Crippen molar-refractivity contribution in [2.45, 2.75) is 44.7 Å². The summed E-state index contributed by atoms with van der Waals surface area (Å²) < 4.78 is 0. The number of amides is 1. The van der Waals surface area contributed by atoms with Crippen molar-refractivity contribution in [3.05, 3.63) is 35.9 Å². The molecule has 0 saturated heterocycles. The van der Waals surface area contributed by atoms with Crippen molar-refractivity contribution in [3.63, 3.8) is 0 Å². The Morgan fingerprint density at radius 3 is 2.55 bits per heavy atom. The number of nitrogens with two attached hydrogens (primary N) is 1. The maximum Gasteiger partial charge on any atom is 0.226 e. The molecule has 1 aromatic rings. The number of hydrogen-bond donors (Lipinski definition) is 1. The van der Waals surface area contributed by atoms with E-state index in [1.807, 2.05) is 18.2 Å². The lowest BCUT2D eigenvalue weighted by Gasteiger charge is -2.28. The third-order valence-corrected chi connectivity index (χ3v) is 4.75. The molecule has 3 nitrogen and oxygen atoms in total. The van der Waals surface area contributed by atoms with Gasteiger partial charge in [0, 0.05) is 18.5 Å². The van der Waals surface area contributed by atoms with Crippen LogP contribution in [0.15, 0.2) is 30.3 Å². The summed E-state index contributed by atoms with van der Waals surface area (Å²) in [6.07, 6.45) is 5.63. The van der Waals surface area contributed by atoms with Gasteiger partial charge in [-0.05, 0) is 43.7 Å². The zero-order valence-electron chi connectivity index (χ0n) is 12.0. The molecule has 0 heterocycles. The van der Waals surface area contributed by atoms with Crippen molar-refractivity contribution in [2.24, 2.45) is 17.6 Å². The monoisotopic (exact) mass is 272 g/mol. The first-order valence-corrected chi connectivity index (χ1v) is 7.84. The average Bonchev–Trinajstić information content (AvgIpc) is 3.21. The van der Waals surface area contributed by atoms with Gasteiger partial charge in [-0.15, -0.1) is 0 Å². The van der Waals surface area contributed by atoms with Gasteiger partial charge in [-0.3, -0.25) is 4.79 Å². The normalized spacial score (nSPS) is 25.6. The topological polar surface area (TPSA) is 46.3 Å². The second-order valence-electron chi connectivity index (χ2n) is 6.22. The SMILES string of the molecule is NCC1CCCC1C(=O)N(Cc1ccccc1)C1CC1. The summed E-state index contributed by atoms with van der Waals surface area (Å²) >= 11 is 0. The Kier molecular flexibility index (Phi) is 4.06. The molecule has 0 aliphatic heterocycles. The zero-order chi connectivity index (χ0) is 13.9. The zero-order valence-corrected chi connectivity index (χ0v) is 12.0. The molecule has 108 valence electrons. The van der Waals surface area contributed by atoms with Crippen LogP contribution < -0.4 is 5.73 Å². The minimum atomic E-state index is 0.171. The Morgan fingerprint density at radius 1 is 1.15 bits per heavy atom. The van der Waals surface area contributed by atoms with Crippen molar-refractivity contribution in [3.8, 4) is 0 Å². The van der Waals surface area contributed by atoms with E-state index in [2.05, 4.69) is 17.0 Å². The molecule has 20 heavy (non-hydrogen) atoms. The van der Waals surface area contributed by atoms with E-state index in [-0.39, 0.29) is 5.92 Å². The largest absolute Gasteiger partial charge is 0.335 e. The van der Waals surface area contributed by atoms with Gasteiger partial charge in [0.1, 0.15) is 0 Å². The Labute approximate surface area is 121 Å². The molecule has 1 amide bonds. The van der Waals surface area contributed by atoms with E-state index >= 15 is 0 Å². The Bertz CT molecular complexity index is 455. The van der Waals surface area contributed by atoms with Crippen molar-refractivity contribution >= 4 is 5.91 Å². The summed E-state index contributed by atoms with van der Waals surface area (Å²) in [6, 6.07) is 10.8. The van der Waals surface area contributed by atoms with Crippen LogP contribution in [0.2, 0.25) is 0 Å². The van der Waals surface area contributed by atoms with Crippen LogP contribution in [0.3, 0.4) is 0 Å². The Balaban J connectivity index is 1.72. The minimum Gasteiger partial charge on any atom is -0.335 e. The van der Waals surface area contributed by atoms with E-state index in [4.69, 9.17) is 5.73 Å². The lowest BCUT2D eigenvalue weighted by molar-refractivity contribution is -0.137. The molecule has 0 radical (unpaired) electrons. The van der Waals surface area contributed by atoms with Crippen LogP contribution >= 0.6 is 0 Å². The van der Waals surface area contributed by atoms with Crippen LogP contribution in [0.5, 0.6) is 0 Å². The molecule has 2 aliphatic rings. The van der Waals surface area contributed by atoms with Crippen LogP contribution in [0, 0.1) is 11.8 Å². The first kappa shape index (κ1) is 13.6. The molecule has 0 aromatic heterocycles. The second-order valence-corrected chi connectivity index (χ2v) is 6.22. The third kappa shape index (κ3) is 2.88. The molecule has 1 aromatic carbocycles. The van der Waals surface area contributed by atoms with Crippen LogP contribution in [0.25, 0.3) is 0 Å². The molecule has 2 saturated carbocycles. The second kappa shape index (κ2) is 5.96.